The smallest absolute Gasteiger partial charge is 0.128 e. The minimum Gasteiger partial charge on any atom is -0.389 e. The summed E-state index contributed by atoms with van der Waals surface area (Å²) < 4.78 is 0. The lowest BCUT2D eigenvalue weighted by Gasteiger charge is -2.18. The van der Waals surface area contributed by atoms with Crippen molar-refractivity contribution in [3.8, 4) is 0 Å². The van der Waals surface area contributed by atoms with E-state index in [1.807, 2.05) is 6.92 Å². The van der Waals surface area contributed by atoms with E-state index in [0.717, 1.165) is 30.0 Å². The van der Waals surface area contributed by atoms with Crippen LogP contribution in [0.4, 0.5) is 5.82 Å². The van der Waals surface area contributed by atoms with Crippen molar-refractivity contribution in [1.29, 1.82) is 0 Å². The summed E-state index contributed by atoms with van der Waals surface area (Å²) in [6, 6.07) is 2.08. The molecule has 0 unspecified atom stereocenters. The monoisotopic (exact) mass is 206 g/mol. The van der Waals surface area contributed by atoms with Crippen molar-refractivity contribution in [3.63, 3.8) is 0 Å². The molecule has 1 N–H and O–H groups in total. The first kappa shape index (κ1) is 10.4. The fourth-order valence-electron chi connectivity index (χ4n) is 2.11. The van der Waals surface area contributed by atoms with E-state index in [2.05, 4.69) is 16.0 Å². The molecule has 0 amide bonds. The molecule has 2 rings (SSSR count). The van der Waals surface area contributed by atoms with Gasteiger partial charge >= 0.3 is 0 Å². The van der Waals surface area contributed by atoms with Gasteiger partial charge in [-0.25, -0.2) is 4.98 Å². The number of rotatable bonds is 2. The highest BCUT2D eigenvalue weighted by atomic mass is 16.3. The Bertz CT molecular complexity index is 343. The van der Waals surface area contributed by atoms with Crippen LogP contribution in [0, 0.1) is 6.92 Å². The molecular weight excluding hydrogens is 188 g/mol. The van der Waals surface area contributed by atoms with Gasteiger partial charge in [-0.15, -0.1) is 0 Å². The normalized spacial score (nSPS) is 18.2. The van der Waals surface area contributed by atoms with Crippen molar-refractivity contribution < 1.29 is 5.11 Å². The van der Waals surface area contributed by atoms with E-state index in [4.69, 9.17) is 0 Å². The van der Waals surface area contributed by atoms with Gasteiger partial charge in [0, 0.05) is 24.8 Å². The molecule has 1 aliphatic heterocycles. The Morgan fingerprint density at radius 3 is 2.60 bits per heavy atom. The van der Waals surface area contributed by atoms with E-state index in [0.29, 0.717) is 0 Å². The van der Waals surface area contributed by atoms with Crippen LogP contribution < -0.4 is 4.90 Å². The van der Waals surface area contributed by atoms with E-state index in [1.165, 1.54) is 12.8 Å². The second kappa shape index (κ2) is 4.19. The van der Waals surface area contributed by atoms with Crippen molar-refractivity contribution >= 4 is 5.82 Å². The molecule has 1 fully saturated rings. The number of aliphatic hydroxyl groups is 1. The molecule has 0 aliphatic carbocycles. The molecule has 1 saturated heterocycles. The Labute approximate surface area is 90.8 Å². The summed E-state index contributed by atoms with van der Waals surface area (Å²) in [4.78, 5) is 6.71. The number of anilines is 1. The summed E-state index contributed by atoms with van der Waals surface area (Å²) in [5.74, 6) is 1.05. The maximum Gasteiger partial charge on any atom is 0.128 e. The molecule has 3 heteroatoms. The molecule has 1 aliphatic rings. The Morgan fingerprint density at radius 2 is 2.07 bits per heavy atom. The third kappa shape index (κ3) is 2.12. The van der Waals surface area contributed by atoms with Gasteiger partial charge in [0.1, 0.15) is 5.82 Å². The maximum atomic E-state index is 9.51. The van der Waals surface area contributed by atoms with Crippen molar-refractivity contribution in [3.05, 3.63) is 23.4 Å². The fraction of sp³-hybridized carbons (Fsp3) is 0.583. The first-order valence-corrected chi connectivity index (χ1v) is 5.58. The standard InChI is InChI=1S/C12H18N2O/c1-9-7-12(14-5-3-4-6-14)13-8-11(9)10(2)15/h7-8,10,15H,3-6H2,1-2H3/t10-/m1/s1. The molecule has 0 aromatic carbocycles. The maximum absolute atomic E-state index is 9.51. The van der Waals surface area contributed by atoms with Crippen molar-refractivity contribution in [1.82, 2.24) is 4.98 Å². The third-order valence-electron chi connectivity index (χ3n) is 3.02. The number of aryl methyl sites for hydroxylation is 1. The Balaban J connectivity index is 2.24. The first-order chi connectivity index (χ1) is 7.18. The second-order valence-electron chi connectivity index (χ2n) is 4.27. The van der Waals surface area contributed by atoms with Crippen LogP contribution in [-0.2, 0) is 0 Å². The Morgan fingerprint density at radius 1 is 1.40 bits per heavy atom. The largest absolute Gasteiger partial charge is 0.389 e. The molecular formula is C12H18N2O. The predicted molar refractivity (Wildman–Crippen MR) is 61.1 cm³/mol. The number of aliphatic hydroxyl groups excluding tert-OH is 1. The average Bonchev–Trinajstić information content (AvgIpc) is 2.69. The van der Waals surface area contributed by atoms with Crippen LogP contribution in [-0.4, -0.2) is 23.2 Å². The topological polar surface area (TPSA) is 36.4 Å². The molecule has 0 saturated carbocycles. The third-order valence-corrected chi connectivity index (χ3v) is 3.02. The van der Waals surface area contributed by atoms with Crippen LogP contribution >= 0.6 is 0 Å². The average molecular weight is 206 g/mol. The molecule has 2 heterocycles. The first-order valence-electron chi connectivity index (χ1n) is 5.58. The van der Waals surface area contributed by atoms with Gasteiger partial charge in [0.15, 0.2) is 0 Å². The zero-order valence-corrected chi connectivity index (χ0v) is 9.40. The van der Waals surface area contributed by atoms with Gasteiger partial charge in [-0.2, -0.15) is 0 Å². The van der Waals surface area contributed by atoms with Crippen LogP contribution in [0.3, 0.4) is 0 Å². The highest BCUT2D eigenvalue weighted by Crippen LogP contribution is 2.23. The summed E-state index contributed by atoms with van der Waals surface area (Å²) in [6.45, 7) is 6.03. The van der Waals surface area contributed by atoms with Crippen LogP contribution in [0.1, 0.15) is 37.0 Å². The minimum atomic E-state index is -0.426. The molecule has 1 aromatic heterocycles. The number of hydrogen-bond donors (Lipinski definition) is 1. The summed E-state index contributed by atoms with van der Waals surface area (Å²) >= 11 is 0. The summed E-state index contributed by atoms with van der Waals surface area (Å²) in [5.41, 5.74) is 2.06. The van der Waals surface area contributed by atoms with E-state index in [-0.39, 0.29) is 0 Å². The zero-order chi connectivity index (χ0) is 10.8. The minimum absolute atomic E-state index is 0.426. The number of pyridine rings is 1. The molecule has 0 bridgehead atoms. The van der Waals surface area contributed by atoms with E-state index < -0.39 is 6.10 Å². The SMILES string of the molecule is Cc1cc(N2CCCC2)ncc1[C@@H](C)O. The molecule has 82 valence electrons. The molecule has 1 atom stereocenters. The van der Waals surface area contributed by atoms with Gasteiger partial charge in [0.2, 0.25) is 0 Å². The van der Waals surface area contributed by atoms with Gasteiger partial charge in [-0.3, -0.25) is 0 Å². The number of nitrogens with zero attached hydrogens (tertiary/aromatic N) is 2. The quantitative estimate of drug-likeness (QED) is 0.804. The summed E-state index contributed by atoms with van der Waals surface area (Å²) in [7, 11) is 0. The second-order valence-corrected chi connectivity index (χ2v) is 4.27. The summed E-state index contributed by atoms with van der Waals surface area (Å²) in [6.07, 6.45) is 3.90. The van der Waals surface area contributed by atoms with Gasteiger partial charge in [0.05, 0.1) is 6.10 Å². The van der Waals surface area contributed by atoms with Crippen molar-refractivity contribution in [2.75, 3.05) is 18.0 Å². The van der Waals surface area contributed by atoms with Gasteiger partial charge < -0.3 is 10.0 Å². The lowest BCUT2D eigenvalue weighted by molar-refractivity contribution is 0.198. The van der Waals surface area contributed by atoms with Gasteiger partial charge in [-0.05, 0) is 38.3 Å². The lowest BCUT2D eigenvalue weighted by atomic mass is 10.1. The fourth-order valence-corrected chi connectivity index (χ4v) is 2.11. The van der Waals surface area contributed by atoms with Crippen LogP contribution in [0.15, 0.2) is 12.3 Å². The van der Waals surface area contributed by atoms with Crippen molar-refractivity contribution in [2.24, 2.45) is 0 Å². The number of hydrogen-bond acceptors (Lipinski definition) is 3. The molecule has 15 heavy (non-hydrogen) atoms. The highest BCUT2D eigenvalue weighted by Gasteiger charge is 2.15. The molecule has 0 radical (unpaired) electrons. The Kier molecular flexibility index (Phi) is 2.91. The molecule has 0 spiro atoms. The molecule has 1 aromatic rings. The van der Waals surface area contributed by atoms with Gasteiger partial charge in [-0.1, -0.05) is 0 Å². The highest BCUT2D eigenvalue weighted by molar-refractivity contribution is 5.44. The van der Waals surface area contributed by atoms with Crippen LogP contribution in [0.2, 0.25) is 0 Å². The van der Waals surface area contributed by atoms with Crippen LogP contribution in [0.25, 0.3) is 0 Å². The van der Waals surface area contributed by atoms with Crippen LogP contribution in [0.5, 0.6) is 0 Å². The van der Waals surface area contributed by atoms with Crippen molar-refractivity contribution in [2.45, 2.75) is 32.8 Å². The Hall–Kier alpha value is -1.09. The van der Waals surface area contributed by atoms with E-state index in [9.17, 15) is 5.11 Å². The van der Waals surface area contributed by atoms with Gasteiger partial charge in [0.25, 0.3) is 0 Å². The molecule has 3 nitrogen and oxygen atoms in total. The number of aromatic nitrogens is 1. The zero-order valence-electron chi connectivity index (χ0n) is 9.40. The van der Waals surface area contributed by atoms with E-state index in [1.54, 1.807) is 13.1 Å². The van der Waals surface area contributed by atoms with E-state index >= 15 is 0 Å². The summed E-state index contributed by atoms with van der Waals surface area (Å²) in [5, 5.41) is 9.51. The predicted octanol–water partition coefficient (Wildman–Crippen LogP) is 2.04. The lowest BCUT2D eigenvalue weighted by Crippen LogP contribution is -2.19.